The van der Waals surface area contributed by atoms with Gasteiger partial charge in [-0.15, -0.1) is 0 Å². The lowest BCUT2D eigenvalue weighted by Crippen LogP contribution is -2.46. The molecule has 0 heterocycles. The van der Waals surface area contributed by atoms with Gasteiger partial charge in [-0.25, -0.2) is 13.1 Å². The van der Waals surface area contributed by atoms with E-state index in [1.807, 2.05) is 0 Å². The molecule has 2 N–H and O–H groups in total. The second-order valence-electron chi connectivity index (χ2n) is 5.01. The van der Waals surface area contributed by atoms with E-state index in [0.717, 1.165) is 12.7 Å². The Morgan fingerprint density at radius 1 is 1.16 bits per heavy atom. The summed E-state index contributed by atoms with van der Waals surface area (Å²) in [5.41, 5.74) is 0. The minimum absolute atomic E-state index is 0.183. The largest absolute Gasteiger partial charge is 0.393 e. The highest BCUT2D eigenvalue weighted by Crippen LogP contribution is 2.37. The van der Waals surface area contributed by atoms with E-state index in [2.05, 4.69) is 10.0 Å². The highest BCUT2D eigenvalue weighted by atomic mass is 32.2. The van der Waals surface area contributed by atoms with Gasteiger partial charge in [-0.3, -0.25) is 0 Å². The van der Waals surface area contributed by atoms with Gasteiger partial charge in [0.2, 0.25) is 10.0 Å². The third kappa shape index (κ3) is 6.58. The summed E-state index contributed by atoms with van der Waals surface area (Å²) in [6, 6.07) is -0.535. The molecule has 4 nitrogen and oxygen atoms in total. The summed E-state index contributed by atoms with van der Waals surface area (Å²) in [5, 5.41) is 2.91. The molecule has 1 fully saturated rings. The van der Waals surface area contributed by atoms with Gasteiger partial charge in [-0.2, -0.15) is 13.2 Å². The van der Waals surface area contributed by atoms with Crippen molar-refractivity contribution >= 4 is 10.0 Å². The lowest BCUT2D eigenvalue weighted by Gasteiger charge is -2.33. The van der Waals surface area contributed by atoms with Crippen LogP contribution < -0.4 is 10.0 Å². The predicted octanol–water partition coefficient (Wildman–Crippen LogP) is 1.64. The minimum Gasteiger partial charge on any atom is -0.313 e. The maximum absolute atomic E-state index is 12.8. The van der Waals surface area contributed by atoms with E-state index in [1.54, 1.807) is 0 Å². The van der Waals surface area contributed by atoms with E-state index in [-0.39, 0.29) is 13.0 Å². The highest BCUT2D eigenvalue weighted by molar-refractivity contribution is 7.88. The van der Waals surface area contributed by atoms with Crippen molar-refractivity contribution in [2.75, 3.05) is 19.3 Å². The zero-order valence-corrected chi connectivity index (χ0v) is 11.8. The fourth-order valence-corrected chi connectivity index (χ4v) is 2.92. The average molecular weight is 302 g/mol. The summed E-state index contributed by atoms with van der Waals surface area (Å²) in [6.45, 7) is 0.634. The molecule has 0 aromatic carbocycles. The van der Waals surface area contributed by atoms with E-state index in [0.29, 0.717) is 25.8 Å². The molecule has 0 aliphatic heterocycles. The zero-order valence-electron chi connectivity index (χ0n) is 11.0. The van der Waals surface area contributed by atoms with Crippen molar-refractivity contribution in [3.63, 3.8) is 0 Å². The monoisotopic (exact) mass is 302 g/mol. The SMILES string of the molecule is CS(=O)(=O)NCCCNC1CCCCC1C(F)(F)F. The van der Waals surface area contributed by atoms with Crippen molar-refractivity contribution in [2.24, 2.45) is 5.92 Å². The Kier molecular flexibility index (Phi) is 6.07. The Morgan fingerprint density at radius 2 is 1.79 bits per heavy atom. The molecule has 19 heavy (non-hydrogen) atoms. The summed E-state index contributed by atoms with van der Waals surface area (Å²) in [4.78, 5) is 0. The van der Waals surface area contributed by atoms with Gasteiger partial charge in [0.15, 0.2) is 0 Å². The van der Waals surface area contributed by atoms with Gasteiger partial charge in [-0.05, 0) is 25.8 Å². The molecule has 0 bridgehead atoms. The molecule has 0 saturated heterocycles. The average Bonchev–Trinajstić information content (AvgIpc) is 2.26. The van der Waals surface area contributed by atoms with Crippen molar-refractivity contribution in [1.29, 1.82) is 0 Å². The fourth-order valence-electron chi connectivity index (χ4n) is 2.40. The molecule has 114 valence electrons. The highest BCUT2D eigenvalue weighted by Gasteiger charge is 2.45. The van der Waals surface area contributed by atoms with E-state index >= 15 is 0 Å². The predicted molar refractivity (Wildman–Crippen MR) is 67.3 cm³/mol. The first-order valence-corrected chi connectivity index (χ1v) is 8.34. The molecule has 0 aromatic heterocycles. The first-order valence-electron chi connectivity index (χ1n) is 6.45. The molecule has 0 aromatic rings. The summed E-state index contributed by atoms with van der Waals surface area (Å²) in [6.07, 6.45) is -0.464. The summed E-state index contributed by atoms with van der Waals surface area (Å²) in [5.74, 6) is -1.27. The van der Waals surface area contributed by atoms with Gasteiger partial charge in [0.25, 0.3) is 0 Å². The second-order valence-corrected chi connectivity index (χ2v) is 6.85. The molecular formula is C11H21F3N2O2S. The van der Waals surface area contributed by atoms with Gasteiger partial charge >= 0.3 is 6.18 Å². The molecule has 0 amide bonds. The lowest BCUT2D eigenvalue weighted by molar-refractivity contribution is -0.188. The topological polar surface area (TPSA) is 58.2 Å². The van der Waals surface area contributed by atoms with E-state index in [4.69, 9.17) is 0 Å². The Balaban J connectivity index is 2.30. The number of alkyl halides is 3. The number of rotatable bonds is 6. The fraction of sp³-hybridized carbons (Fsp3) is 1.00. The number of sulfonamides is 1. The zero-order chi connectivity index (χ0) is 14.5. The van der Waals surface area contributed by atoms with Crippen LogP contribution in [0.1, 0.15) is 32.1 Å². The molecule has 1 aliphatic rings. The van der Waals surface area contributed by atoms with Crippen molar-refractivity contribution in [3.8, 4) is 0 Å². The Bertz CT molecular complexity index is 371. The summed E-state index contributed by atoms with van der Waals surface area (Å²) < 4.78 is 62.3. The van der Waals surface area contributed by atoms with Gasteiger partial charge in [0.1, 0.15) is 0 Å². The van der Waals surface area contributed by atoms with Crippen LogP contribution in [0.4, 0.5) is 13.2 Å². The van der Waals surface area contributed by atoms with E-state index in [1.165, 1.54) is 0 Å². The van der Waals surface area contributed by atoms with Crippen LogP contribution in [-0.4, -0.2) is 40.0 Å². The standard InChI is InChI=1S/C11H21F3N2O2S/c1-19(17,18)16-8-4-7-15-10-6-3-2-5-9(10)11(12,13)14/h9-10,15-16H,2-8H2,1H3. The van der Waals surface area contributed by atoms with Crippen molar-refractivity contribution in [2.45, 2.75) is 44.3 Å². The van der Waals surface area contributed by atoms with Crippen LogP contribution in [0.15, 0.2) is 0 Å². The Hall–Kier alpha value is -0.340. The number of hydrogen-bond donors (Lipinski definition) is 2. The van der Waals surface area contributed by atoms with Crippen LogP contribution in [0.2, 0.25) is 0 Å². The molecule has 8 heteroatoms. The van der Waals surface area contributed by atoms with Crippen LogP contribution in [-0.2, 0) is 10.0 Å². The second kappa shape index (κ2) is 6.90. The van der Waals surface area contributed by atoms with Gasteiger partial charge in [0.05, 0.1) is 12.2 Å². The first-order chi connectivity index (χ1) is 8.70. The smallest absolute Gasteiger partial charge is 0.313 e. The Morgan fingerprint density at radius 3 is 2.37 bits per heavy atom. The first kappa shape index (κ1) is 16.7. The van der Waals surface area contributed by atoms with Crippen molar-refractivity contribution in [1.82, 2.24) is 10.0 Å². The van der Waals surface area contributed by atoms with Crippen LogP contribution >= 0.6 is 0 Å². The van der Waals surface area contributed by atoms with Crippen LogP contribution in [0.3, 0.4) is 0 Å². The van der Waals surface area contributed by atoms with Gasteiger partial charge in [-0.1, -0.05) is 12.8 Å². The molecule has 2 unspecified atom stereocenters. The summed E-state index contributed by atoms with van der Waals surface area (Å²) in [7, 11) is -3.22. The van der Waals surface area contributed by atoms with Gasteiger partial charge < -0.3 is 5.32 Å². The Labute approximate surface area is 112 Å². The molecule has 0 spiro atoms. The number of nitrogens with one attached hydrogen (secondary N) is 2. The third-order valence-corrected chi connectivity index (χ3v) is 4.04. The number of hydrogen-bond acceptors (Lipinski definition) is 3. The van der Waals surface area contributed by atoms with E-state index < -0.39 is 28.2 Å². The van der Waals surface area contributed by atoms with E-state index in [9.17, 15) is 21.6 Å². The lowest BCUT2D eigenvalue weighted by atomic mass is 9.84. The third-order valence-electron chi connectivity index (χ3n) is 3.31. The molecule has 0 radical (unpaired) electrons. The molecular weight excluding hydrogens is 281 g/mol. The van der Waals surface area contributed by atoms with Crippen molar-refractivity contribution in [3.05, 3.63) is 0 Å². The van der Waals surface area contributed by atoms with Crippen LogP contribution in [0.25, 0.3) is 0 Å². The molecule has 1 saturated carbocycles. The maximum Gasteiger partial charge on any atom is 0.393 e. The molecule has 2 atom stereocenters. The molecule has 1 rings (SSSR count). The van der Waals surface area contributed by atoms with Crippen LogP contribution in [0, 0.1) is 5.92 Å². The maximum atomic E-state index is 12.8. The van der Waals surface area contributed by atoms with Crippen LogP contribution in [0.5, 0.6) is 0 Å². The summed E-state index contributed by atoms with van der Waals surface area (Å²) >= 11 is 0. The molecule has 1 aliphatic carbocycles. The van der Waals surface area contributed by atoms with Gasteiger partial charge in [0, 0.05) is 12.6 Å². The normalized spacial score (nSPS) is 25.5. The minimum atomic E-state index is -4.15. The quantitative estimate of drug-likeness (QED) is 0.733. The number of halogens is 3. The van der Waals surface area contributed by atoms with Crippen molar-refractivity contribution < 1.29 is 21.6 Å².